The van der Waals surface area contributed by atoms with Crippen molar-refractivity contribution in [2.45, 2.75) is 13.5 Å². The van der Waals surface area contributed by atoms with Crippen LogP contribution in [0.25, 0.3) is 0 Å². The highest BCUT2D eigenvalue weighted by Crippen LogP contribution is 1.99. The first-order valence-electron chi connectivity index (χ1n) is 4.23. The van der Waals surface area contributed by atoms with Crippen LogP contribution in [0.2, 0.25) is 0 Å². The van der Waals surface area contributed by atoms with Crippen molar-refractivity contribution in [1.82, 2.24) is 5.48 Å². The van der Waals surface area contributed by atoms with Gasteiger partial charge in [-0.05, 0) is 5.56 Å². The van der Waals surface area contributed by atoms with Gasteiger partial charge >= 0.3 is 0 Å². The number of nitrogens with one attached hydrogen (secondary N) is 1. The summed E-state index contributed by atoms with van der Waals surface area (Å²) in [6, 6.07) is 9.50. The lowest BCUT2D eigenvalue weighted by Crippen LogP contribution is -2.26. The van der Waals surface area contributed by atoms with Gasteiger partial charge in [-0.1, -0.05) is 30.3 Å². The standard InChI is InChI=1S/C10H12N2O2/c1-8(13)10(12-14)11-7-9-5-3-2-4-6-9/h2-6,14H,7H2,1H3,(H,11,12). The number of ketones is 1. The van der Waals surface area contributed by atoms with E-state index in [2.05, 4.69) is 4.99 Å². The van der Waals surface area contributed by atoms with Gasteiger partial charge in [0.15, 0.2) is 11.6 Å². The number of amidine groups is 1. The summed E-state index contributed by atoms with van der Waals surface area (Å²) < 4.78 is 0. The number of hydrogen-bond donors (Lipinski definition) is 2. The van der Waals surface area contributed by atoms with Gasteiger partial charge in [0.1, 0.15) is 0 Å². The monoisotopic (exact) mass is 192 g/mol. The van der Waals surface area contributed by atoms with Crippen LogP contribution in [0.5, 0.6) is 0 Å². The summed E-state index contributed by atoms with van der Waals surface area (Å²) in [5.41, 5.74) is 2.76. The number of rotatable bonds is 3. The molecule has 0 amide bonds. The topological polar surface area (TPSA) is 61.7 Å². The Bertz CT molecular complexity index is 333. The summed E-state index contributed by atoms with van der Waals surface area (Å²) in [5, 5.41) is 8.57. The molecule has 1 aromatic rings. The van der Waals surface area contributed by atoms with Crippen molar-refractivity contribution in [1.29, 1.82) is 0 Å². The van der Waals surface area contributed by atoms with Crippen LogP contribution in [0.4, 0.5) is 0 Å². The number of benzene rings is 1. The van der Waals surface area contributed by atoms with Crippen molar-refractivity contribution in [3.63, 3.8) is 0 Å². The first kappa shape index (κ1) is 10.4. The average molecular weight is 192 g/mol. The van der Waals surface area contributed by atoms with Crippen LogP contribution < -0.4 is 5.48 Å². The minimum absolute atomic E-state index is 0.0196. The number of nitrogens with zero attached hydrogens (tertiary/aromatic N) is 1. The molecular weight excluding hydrogens is 180 g/mol. The summed E-state index contributed by atoms with van der Waals surface area (Å²) in [6.07, 6.45) is 0. The predicted octanol–water partition coefficient (Wildman–Crippen LogP) is 1.15. The molecule has 4 heteroatoms. The molecule has 1 rings (SSSR count). The molecular formula is C10H12N2O2. The van der Waals surface area contributed by atoms with E-state index in [0.717, 1.165) is 5.56 Å². The first-order valence-corrected chi connectivity index (χ1v) is 4.23. The summed E-state index contributed by atoms with van der Waals surface area (Å²) in [5.74, 6) is -0.308. The van der Waals surface area contributed by atoms with Crippen LogP contribution in [-0.2, 0) is 11.3 Å². The SMILES string of the molecule is CC(=O)C(=NCc1ccccc1)NO. The Hall–Kier alpha value is -1.68. The maximum absolute atomic E-state index is 10.8. The molecule has 0 atom stereocenters. The van der Waals surface area contributed by atoms with Crippen molar-refractivity contribution in [3.05, 3.63) is 35.9 Å². The zero-order chi connectivity index (χ0) is 10.4. The third kappa shape index (κ3) is 2.99. The molecule has 0 aliphatic carbocycles. The number of hydroxylamine groups is 1. The van der Waals surface area contributed by atoms with E-state index in [1.54, 1.807) is 5.48 Å². The smallest absolute Gasteiger partial charge is 0.196 e. The van der Waals surface area contributed by atoms with E-state index in [1.807, 2.05) is 30.3 Å². The number of Topliss-reactive ketones (excluding diaryl/α,β-unsaturated/α-hetero) is 1. The van der Waals surface area contributed by atoms with E-state index in [4.69, 9.17) is 5.21 Å². The Morgan fingerprint density at radius 3 is 2.57 bits per heavy atom. The Morgan fingerprint density at radius 2 is 2.07 bits per heavy atom. The molecule has 0 bridgehead atoms. The molecule has 2 N–H and O–H groups in total. The summed E-state index contributed by atoms with van der Waals surface area (Å²) >= 11 is 0. The lowest BCUT2D eigenvalue weighted by atomic mass is 10.2. The average Bonchev–Trinajstić information content (AvgIpc) is 2.20. The molecule has 14 heavy (non-hydrogen) atoms. The van der Waals surface area contributed by atoms with Gasteiger partial charge in [-0.3, -0.25) is 15.0 Å². The van der Waals surface area contributed by atoms with Crippen molar-refractivity contribution in [3.8, 4) is 0 Å². The number of carbonyl (C=O) groups excluding carboxylic acids is 1. The van der Waals surface area contributed by atoms with Gasteiger partial charge in [-0.2, -0.15) is 0 Å². The minimum atomic E-state index is -0.288. The second kappa shape index (κ2) is 5.14. The minimum Gasteiger partial charge on any atom is -0.291 e. The molecule has 0 spiro atoms. The van der Waals surface area contributed by atoms with Crippen molar-refractivity contribution in [2.75, 3.05) is 0 Å². The highest BCUT2D eigenvalue weighted by molar-refractivity contribution is 6.37. The summed E-state index contributed by atoms with van der Waals surface area (Å²) in [4.78, 5) is 14.8. The van der Waals surface area contributed by atoms with E-state index >= 15 is 0 Å². The van der Waals surface area contributed by atoms with Gasteiger partial charge in [0, 0.05) is 6.92 Å². The van der Waals surface area contributed by atoms with Gasteiger partial charge in [0.2, 0.25) is 0 Å². The van der Waals surface area contributed by atoms with E-state index in [1.165, 1.54) is 6.92 Å². The van der Waals surface area contributed by atoms with E-state index in [9.17, 15) is 4.79 Å². The molecule has 0 saturated heterocycles. The number of hydrogen-bond acceptors (Lipinski definition) is 3. The summed E-state index contributed by atoms with van der Waals surface area (Å²) in [7, 11) is 0. The van der Waals surface area contributed by atoms with Gasteiger partial charge in [-0.25, -0.2) is 5.48 Å². The van der Waals surface area contributed by atoms with E-state index in [0.29, 0.717) is 6.54 Å². The van der Waals surface area contributed by atoms with Crippen LogP contribution in [0.3, 0.4) is 0 Å². The highest BCUT2D eigenvalue weighted by atomic mass is 16.5. The van der Waals surface area contributed by atoms with Gasteiger partial charge in [-0.15, -0.1) is 0 Å². The Morgan fingerprint density at radius 1 is 1.43 bits per heavy atom. The fourth-order valence-electron chi connectivity index (χ4n) is 0.979. The Labute approximate surface area is 82.2 Å². The normalized spacial score (nSPS) is 11.1. The molecule has 0 saturated carbocycles. The zero-order valence-electron chi connectivity index (χ0n) is 7.90. The maximum atomic E-state index is 10.8. The number of aliphatic imine (C=N–C) groups is 1. The highest BCUT2D eigenvalue weighted by Gasteiger charge is 2.02. The van der Waals surface area contributed by atoms with Crippen LogP contribution in [0.1, 0.15) is 12.5 Å². The summed E-state index contributed by atoms with van der Waals surface area (Å²) in [6.45, 7) is 1.72. The molecule has 0 radical (unpaired) electrons. The lowest BCUT2D eigenvalue weighted by molar-refractivity contribution is -0.111. The fourth-order valence-corrected chi connectivity index (χ4v) is 0.979. The quantitative estimate of drug-likeness (QED) is 0.429. The maximum Gasteiger partial charge on any atom is 0.196 e. The number of carbonyl (C=O) groups is 1. The third-order valence-corrected chi connectivity index (χ3v) is 1.70. The molecule has 0 heterocycles. The molecule has 4 nitrogen and oxygen atoms in total. The Kier molecular flexibility index (Phi) is 3.82. The predicted molar refractivity (Wildman–Crippen MR) is 53.2 cm³/mol. The fraction of sp³-hybridized carbons (Fsp3) is 0.200. The molecule has 0 unspecified atom stereocenters. The molecule has 1 aromatic carbocycles. The molecule has 0 aliphatic heterocycles. The molecule has 0 aliphatic rings. The van der Waals surface area contributed by atoms with Gasteiger partial charge in [0.05, 0.1) is 6.54 Å². The second-order valence-electron chi connectivity index (χ2n) is 2.82. The van der Waals surface area contributed by atoms with Crippen molar-refractivity contribution >= 4 is 11.6 Å². The third-order valence-electron chi connectivity index (χ3n) is 1.70. The van der Waals surface area contributed by atoms with Gasteiger partial charge < -0.3 is 0 Å². The second-order valence-corrected chi connectivity index (χ2v) is 2.82. The van der Waals surface area contributed by atoms with Crippen LogP contribution >= 0.6 is 0 Å². The largest absolute Gasteiger partial charge is 0.291 e. The van der Waals surface area contributed by atoms with Crippen molar-refractivity contribution in [2.24, 2.45) is 4.99 Å². The molecule has 0 fully saturated rings. The van der Waals surface area contributed by atoms with E-state index < -0.39 is 0 Å². The molecule has 0 aromatic heterocycles. The van der Waals surface area contributed by atoms with Crippen LogP contribution in [0.15, 0.2) is 35.3 Å². The lowest BCUT2D eigenvalue weighted by Gasteiger charge is -2.00. The van der Waals surface area contributed by atoms with Crippen molar-refractivity contribution < 1.29 is 10.0 Å². The first-order chi connectivity index (χ1) is 6.74. The van der Waals surface area contributed by atoms with Crippen LogP contribution in [0, 0.1) is 0 Å². The zero-order valence-corrected chi connectivity index (χ0v) is 7.90. The molecule has 74 valence electrons. The van der Waals surface area contributed by atoms with Crippen LogP contribution in [-0.4, -0.2) is 16.8 Å². The van der Waals surface area contributed by atoms with Gasteiger partial charge in [0.25, 0.3) is 0 Å². The van der Waals surface area contributed by atoms with E-state index in [-0.39, 0.29) is 11.6 Å². The Balaban J connectivity index is 2.66.